The molecule has 1 saturated heterocycles. The van der Waals surface area contributed by atoms with Crippen molar-refractivity contribution in [2.24, 2.45) is 0 Å². The van der Waals surface area contributed by atoms with E-state index in [0.717, 1.165) is 42.2 Å². The highest BCUT2D eigenvalue weighted by molar-refractivity contribution is 7.15. The smallest absolute Gasteiger partial charge is 0.366 e. The van der Waals surface area contributed by atoms with Crippen molar-refractivity contribution in [1.82, 2.24) is 15.2 Å². The Kier molecular flexibility index (Phi) is 5.00. The minimum Gasteiger partial charge on any atom is -0.366 e. The summed E-state index contributed by atoms with van der Waals surface area (Å²) in [6.45, 7) is 3.42. The van der Waals surface area contributed by atoms with Crippen LogP contribution >= 0.6 is 11.3 Å². The summed E-state index contributed by atoms with van der Waals surface area (Å²) < 4.78 is 39.5. The second-order valence-electron chi connectivity index (χ2n) is 7.66. The fourth-order valence-corrected chi connectivity index (χ4v) is 4.75. The Morgan fingerprint density at radius 3 is 2.84 bits per heavy atom. The first-order chi connectivity index (χ1) is 15.3. The van der Waals surface area contributed by atoms with E-state index < -0.39 is 11.7 Å². The molecule has 166 valence electrons. The van der Waals surface area contributed by atoms with E-state index in [2.05, 4.69) is 25.4 Å². The van der Waals surface area contributed by atoms with Crippen LogP contribution in [0, 0.1) is 0 Å². The lowest BCUT2D eigenvalue weighted by molar-refractivity contribution is -0.137. The summed E-state index contributed by atoms with van der Waals surface area (Å²) in [7, 11) is 0. The molecule has 2 aliphatic rings. The molecule has 2 aromatic heterocycles. The number of urea groups is 1. The van der Waals surface area contributed by atoms with Crippen LogP contribution in [-0.2, 0) is 12.6 Å². The van der Waals surface area contributed by atoms with E-state index in [-0.39, 0.29) is 12.1 Å². The van der Waals surface area contributed by atoms with E-state index in [9.17, 15) is 18.0 Å². The van der Waals surface area contributed by atoms with Crippen LogP contribution in [0.25, 0.3) is 11.3 Å². The molecule has 2 bridgehead atoms. The highest BCUT2D eigenvalue weighted by Crippen LogP contribution is 2.41. The number of benzene rings is 1. The van der Waals surface area contributed by atoms with Crippen molar-refractivity contribution in [2.45, 2.75) is 32.0 Å². The summed E-state index contributed by atoms with van der Waals surface area (Å²) in [4.78, 5) is 21.6. The van der Waals surface area contributed by atoms with E-state index in [1.165, 1.54) is 17.4 Å². The maximum absolute atomic E-state index is 13.2. The molecule has 2 aliphatic heterocycles. The SMILES string of the molecule is CCc1nnc(NC(=O)N2c3nc(-c4cccc(C(F)(F)F)c4)ccc3N3CC[C@H]2C3)s1. The number of rotatable bonds is 3. The number of aromatic nitrogens is 3. The Hall–Kier alpha value is -3.21. The van der Waals surface area contributed by atoms with Crippen LogP contribution in [0.4, 0.5) is 34.6 Å². The number of pyridine rings is 1. The number of nitrogens with one attached hydrogen (secondary N) is 1. The fourth-order valence-electron chi connectivity index (χ4n) is 4.09. The monoisotopic (exact) mass is 460 g/mol. The predicted molar refractivity (Wildman–Crippen MR) is 116 cm³/mol. The average molecular weight is 460 g/mol. The average Bonchev–Trinajstić information content (AvgIpc) is 3.41. The number of carbonyl (C=O) groups is 1. The molecule has 0 radical (unpaired) electrons. The standard InChI is InChI=1S/C21H19F3N6OS/c1-2-17-27-28-19(32-17)26-20(31)30-14-8-9-29(11-14)16-7-6-15(25-18(16)30)12-4-3-5-13(10-12)21(22,23)24/h3-7,10,14H,2,8-9,11H2,1H3,(H,26,28,31)/t14-/m0/s1. The summed E-state index contributed by atoms with van der Waals surface area (Å²) >= 11 is 1.31. The van der Waals surface area contributed by atoms with E-state index in [0.29, 0.717) is 28.8 Å². The Morgan fingerprint density at radius 1 is 1.25 bits per heavy atom. The highest BCUT2D eigenvalue weighted by Gasteiger charge is 2.40. The lowest BCUT2D eigenvalue weighted by Crippen LogP contribution is -2.48. The molecule has 7 nitrogen and oxygen atoms in total. The van der Waals surface area contributed by atoms with Gasteiger partial charge < -0.3 is 4.90 Å². The number of anilines is 3. The first kappa shape index (κ1) is 20.7. The van der Waals surface area contributed by atoms with E-state index in [1.54, 1.807) is 17.0 Å². The fraction of sp³-hybridized carbons (Fsp3) is 0.333. The van der Waals surface area contributed by atoms with E-state index >= 15 is 0 Å². The van der Waals surface area contributed by atoms with Gasteiger partial charge in [0.05, 0.1) is 23.0 Å². The van der Waals surface area contributed by atoms with Crippen molar-refractivity contribution in [1.29, 1.82) is 0 Å². The number of aryl methyl sites for hydroxylation is 1. The molecule has 3 aromatic rings. The van der Waals surface area contributed by atoms with Crippen LogP contribution in [0.3, 0.4) is 0 Å². The predicted octanol–water partition coefficient (Wildman–Crippen LogP) is 4.81. The largest absolute Gasteiger partial charge is 0.416 e. The quantitative estimate of drug-likeness (QED) is 0.607. The first-order valence-corrected chi connectivity index (χ1v) is 11.0. The van der Waals surface area contributed by atoms with Crippen molar-refractivity contribution < 1.29 is 18.0 Å². The molecule has 2 amide bonds. The van der Waals surface area contributed by atoms with Crippen LogP contribution < -0.4 is 15.1 Å². The zero-order chi connectivity index (χ0) is 22.5. The molecule has 0 unspecified atom stereocenters. The third-order valence-corrected chi connectivity index (χ3v) is 6.62. The minimum atomic E-state index is -4.44. The molecule has 1 atom stereocenters. The van der Waals surface area contributed by atoms with Crippen molar-refractivity contribution >= 4 is 34.0 Å². The van der Waals surface area contributed by atoms with Gasteiger partial charge in [-0.3, -0.25) is 10.2 Å². The van der Waals surface area contributed by atoms with Gasteiger partial charge in [-0.2, -0.15) is 13.2 Å². The third kappa shape index (κ3) is 3.66. The van der Waals surface area contributed by atoms with Gasteiger partial charge in [0.25, 0.3) is 0 Å². The Morgan fingerprint density at radius 2 is 2.09 bits per heavy atom. The number of carbonyl (C=O) groups excluding carboxylic acids is 1. The van der Waals surface area contributed by atoms with Crippen molar-refractivity contribution in [2.75, 3.05) is 28.2 Å². The third-order valence-electron chi connectivity index (χ3n) is 5.64. The maximum atomic E-state index is 13.2. The molecule has 0 saturated carbocycles. The normalized spacial score (nSPS) is 17.4. The molecule has 11 heteroatoms. The molecule has 0 aliphatic carbocycles. The van der Waals surface area contributed by atoms with Gasteiger partial charge in [0.15, 0.2) is 5.82 Å². The van der Waals surface area contributed by atoms with Crippen LogP contribution in [-0.4, -0.2) is 40.3 Å². The van der Waals surface area contributed by atoms with E-state index in [4.69, 9.17) is 0 Å². The van der Waals surface area contributed by atoms with Crippen LogP contribution in [0.5, 0.6) is 0 Å². The summed E-state index contributed by atoms with van der Waals surface area (Å²) in [5.74, 6) is 0.436. The molecule has 1 fully saturated rings. The zero-order valence-electron chi connectivity index (χ0n) is 17.1. The van der Waals surface area contributed by atoms with Gasteiger partial charge in [-0.25, -0.2) is 9.78 Å². The van der Waals surface area contributed by atoms with Crippen LogP contribution in [0.2, 0.25) is 0 Å². The minimum absolute atomic E-state index is 0.0784. The summed E-state index contributed by atoms with van der Waals surface area (Å²) in [6, 6.07) is 8.11. The summed E-state index contributed by atoms with van der Waals surface area (Å²) in [5, 5.41) is 12.1. The molecule has 1 N–H and O–H groups in total. The number of hydrogen-bond donors (Lipinski definition) is 1. The topological polar surface area (TPSA) is 74.2 Å². The summed E-state index contributed by atoms with van der Waals surface area (Å²) in [5.41, 5.74) is 0.763. The molecule has 4 heterocycles. The van der Waals surface area contributed by atoms with Gasteiger partial charge >= 0.3 is 12.2 Å². The van der Waals surface area contributed by atoms with Gasteiger partial charge in [0.1, 0.15) is 5.01 Å². The van der Waals surface area contributed by atoms with Crippen molar-refractivity contribution in [3.05, 3.63) is 47.0 Å². The van der Waals surface area contributed by atoms with E-state index in [1.807, 2.05) is 13.0 Å². The van der Waals surface area contributed by atoms with Crippen molar-refractivity contribution in [3.8, 4) is 11.3 Å². The van der Waals surface area contributed by atoms with Gasteiger partial charge in [-0.15, -0.1) is 10.2 Å². The molecular weight excluding hydrogens is 441 g/mol. The van der Waals surface area contributed by atoms with Crippen LogP contribution in [0.1, 0.15) is 23.9 Å². The Labute approximate surface area is 185 Å². The molecule has 32 heavy (non-hydrogen) atoms. The van der Waals surface area contributed by atoms with Gasteiger partial charge in [0, 0.05) is 18.7 Å². The second-order valence-corrected chi connectivity index (χ2v) is 8.72. The first-order valence-electron chi connectivity index (χ1n) is 10.2. The number of alkyl halides is 3. The molecule has 5 rings (SSSR count). The summed E-state index contributed by atoms with van der Waals surface area (Å²) in [6.07, 6.45) is -2.95. The number of halogens is 3. The molecular formula is C21H19F3N6OS. The van der Waals surface area contributed by atoms with Gasteiger partial charge in [0.2, 0.25) is 5.13 Å². The van der Waals surface area contributed by atoms with Gasteiger partial charge in [-0.05, 0) is 37.1 Å². The number of amides is 2. The lowest BCUT2D eigenvalue weighted by atomic mass is 10.1. The second kappa shape index (κ2) is 7.73. The highest BCUT2D eigenvalue weighted by atomic mass is 32.1. The number of nitrogens with zero attached hydrogens (tertiary/aromatic N) is 5. The molecule has 0 spiro atoms. The number of hydrogen-bond acceptors (Lipinski definition) is 6. The van der Waals surface area contributed by atoms with Crippen molar-refractivity contribution in [3.63, 3.8) is 0 Å². The Bertz CT molecular complexity index is 1180. The Balaban J connectivity index is 1.51. The van der Waals surface area contributed by atoms with Gasteiger partial charge in [-0.1, -0.05) is 30.4 Å². The number of fused-ring (bicyclic) bond motifs is 4. The maximum Gasteiger partial charge on any atom is 0.416 e. The molecule has 1 aromatic carbocycles. The lowest BCUT2D eigenvalue weighted by Gasteiger charge is -2.35. The van der Waals surface area contributed by atoms with Crippen LogP contribution in [0.15, 0.2) is 36.4 Å². The zero-order valence-corrected chi connectivity index (χ0v) is 17.9.